The summed E-state index contributed by atoms with van der Waals surface area (Å²) in [5.41, 5.74) is 5.48. The third kappa shape index (κ3) is 2.31. The van der Waals surface area contributed by atoms with Crippen LogP contribution in [0.25, 0.3) is 0 Å². The zero-order valence-corrected chi connectivity index (χ0v) is 10.6. The van der Waals surface area contributed by atoms with Gasteiger partial charge in [0.05, 0.1) is 12.5 Å². The number of carbonyl (C=O) groups excluding carboxylic acids is 1. The van der Waals surface area contributed by atoms with E-state index in [4.69, 9.17) is 10.5 Å². The topological polar surface area (TPSA) is 52.3 Å². The Morgan fingerprint density at radius 2 is 2.07 bits per heavy atom. The third-order valence-corrected chi connectivity index (χ3v) is 3.15. The number of carbonyl (C=O) groups is 1. The molecule has 0 atom stereocenters. The molecule has 0 bridgehead atoms. The van der Waals surface area contributed by atoms with Crippen LogP contribution >= 0.6 is 15.9 Å². The first-order valence-corrected chi connectivity index (χ1v) is 5.33. The van der Waals surface area contributed by atoms with Gasteiger partial charge in [-0.2, -0.15) is 0 Å². The van der Waals surface area contributed by atoms with Crippen molar-refractivity contribution in [1.82, 2.24) is 0 Å². The molecular formula is C11H14BrNO2. The Labute approximate surface area is 97.7 Å². The molecule has 3 nitrogen and oxygen atoms in total. The number of nitrogens with two attached hydrogens (primary N) is 1. The van der Waals surface area contributed by atoms with Gasteiger partial charge in [-0.3, -0.25) is 4.79 Å². The van der Waals surface area contributed by atoms with E-state index in [1.807, 2.05) is 18.2 Å². The van der Waals surface area contributed by atoms with Crippen molar-refractivity contribution in [2.45, 2.75) is 19.3 Å². The van der Waals surface area contributed by atoms with Gasteiger partial charge in [-0.25, -0.2) is 0 Å². The smallest absolute Gasteiger partial charge is 0.227 e. The number of hydrogen-bond acceptors (Lipinski definition) is 2. The van der Waals surface area contributed by atoms with Crippen molar-refractivity contribution < 1.29 is 9.53 Å². The maximum absolute atomic E-state index is 11.3. The summed E-state index contributed by atoms with van der Waals surface area (Å²) < 4.78 is 5.97. The summed E-state index contributed by atoms with van der Waals surface area (Å²) in [6, 6.07) is 5.48. The number of primary amides is 1. The van der Waals surface area contributed by atoms with Gasteiger partial charge in [-0.05, 0) is 37.6 Å². The molecule has 1 aromatic carbocycles. The lowest BCUT2D eigenvalue weighted by molar-refractivity contribution is -0.122. The average molecular weight is 272 g/mol. The molecule has 15 heavy (non-hydrogen) atoms. The highest BCUT2D eigenvalue weighted by Gasteiger charge is 2.29. The first-order chi connectivity index (χ1) is 6.89. The minimum Gasteiger partial charge on any atom is -0.497 e. The van der Waals surface area contributed by atoms with Crippen LogP contribution in [0.15, 0.2) is 22.7 Å². The molecular weight excluding hydrogens is 258 g/mol. The zero-order chi connectivity index (χ0) is 11.6. The summed E-state index contributed by atoms with van der Waals surface area (Å²) in [6.45, 7) is 3.57. The van der Waals surface area contributed by atoms with E-state index in [0.717, 1.165) is 10.0 Å². The summed E-state index contributed by atoms with van der Waals surface area (Å²) in [4.78, 5) is 11.3. The normalized spacial score (nSPS) is 11.2. The Morgan fingerprint density at radius 1 is 1.47 bits per heavy atom. The fourth-order valence-corrected chi connectivity index (χ4v) is 1.99. The lowest BCUT2D eigenvalue weighted by atomic mass is 9.84. The molecule has 0 unspecified atom stereocenters. The summed E-state index contributed by atoms with van der Waals surface area (Å²) in [6.07, 6.45) is 0. The van der Waals surface area contributed by atoms with E-state index in [-0.39, 0.29) is 5.91 Å². The molecule has 82 valence electrons. The molecule has 0 aliphatic carbocycles. The highest BCUT2D eigenvalue weighted by molar-refractivity contribution is 9.10. The monoisotopic (exact) mass is 271 g/mol. The number of ether oxygens (including phenoxy) is 1. The number of hydrogen-bond donors (Lipinski definition) is 1. The summed E-state index contributed by atoms with van der Waals surface area (Å²) >= 11 is 3.40. The fraction of sp³-hybridized carbons (Fsp3) is 0.364. The molecule has 2 N–H and O–H groups in total. The van der Waals surface area contributed by atoms with Gasteiger partial charge >= 0.3 is 0 Å². The van der Waals surface area contributed by atoms with Gasteiger partial charge in [0.1, 0.15) is 5.75 Å². The second kappa shape index (κ2) is 4.23. The van der Waals surface area contributed by atoms with E-state index in [0.29, 0.717) is 5.75 Å². The van der Waals surface area contributed by atoms with Crippen LogP contribution in [-0.2, 0) is 10.2 Å². The fourth-order valence-electron chi connectivity index (χ4n) is 1.24. The SMILES string of the molecule is COc1ccc(Br)c(C(C)(C)C(N)=O)c1. The molecule has 0 aromatic heterocycles. The van der Waals surface area contributed by atoms with Gasteiger partial charge in [0.25, 0.3) is 0 Å². The molecule has 0 aliphatic heterocycles. The number of benzene rings is 1. The van der Waals surface area contributed by atoms with Crippen LogP contribution < -0.4 is 10.5 Å². The molecule has 1 rings (SSSR count). The maximum atomic E-state index is 11.3. The Balaban J connectivity index is 3.29. The summed E-state index contributed by atoms with van der Waals surface area (Å²) in [5, 5.41) is 0. The summed E-state index contributed by atoms with van der Waals surface area (Å²) in [5.74, 6) is 0.346. The summed E-state index contributed by atoms with van der Waals surface area (Å²) in [7, 11) is 1.59. The van der Waals surface area contributed by atoms with Gasteiger partial charge in [0.15, 0.2) is 0 Å². The zero-order valence-electron chi connectivity index (χ0n) is 9.00. The van der Waals surface area contributed by atoms with Crippen LogP contribution in [-0.4, -0.2) is 13.0 Å². The Kier molecular flexibility index (Phi) is 3.39. The first kappa shape index (κ1) is 12.0. The molecule has 0 saturated heterocycles. The van der Waals surface area contributed by atoms with Crippen LogP contribution in [0.2, 0.25) is 0 Å². The Morgan fingerprint density at radius 3 is 2.53 bits per heavy atom. The predicted molar refractivity (Wildman–Crippen MR) is 62.9 cm³/mol. The molecule has 4 heteroatoms. The Hall–Kier alpha value is -1.03. The lowest BCUT2D eigenvalue weighted by Crippen LogP contribution is -2.35. The molecule has 0 spiro atoms. The van der Waals surface area contributed by atoms with Crippen molar-refractivity contribution in [2.24, 2.45) is 5.73 Å². The van der Waals surface area contributed by atoms with Crippen molar-refractivity contribution in [3.8, 4) is 5.75 Å². The largest absolute Gasteiger partial charge is 0.497 e. The van der Waals surface area contributed by atoms with E-state index < -0.39 is 5.41 Å². The van der Waals surface area contributed by atoms with Gasteiger partial charge in [0.2, 0.25) is 5.91 Å². The highest BCUT2D eigenvalue weighted by atomic mass is 79.9. The Bertz CT molecular complexity index is 388. The van der Waals surface area contributed by atoms with Gasteiger partial charge in [-0.15, -0.1) is 0 Å². The number of methoxy groups -OCH3 is 1. The van der Waals surface area contributed by atoms with Crippen molar-refractivity contribution >= 4 is 21.8 Å². The highest BCUT2D eigenvalue weighted by Crippen LogP contribution is 2.32. The minimum atomic E-state index is -0.715. The van der Waals surface area contributed by atoms with E-state index >= 15 is 0 Å². The van der Waals surface area contributed by atoms with Gasteiger partial charge in [-0.1, -0.05) is 15.9 Å². The minimum absolute atomic E-state index is 0.364. The molecule has 0 radical (unpaired) electrons. The van der Waals surface area contributed by atoms with Gasteiger partial charge < -0.3 is 10.5 Å². The van der Waals surface area contributed by atoms with Crippen LogP contribution in [0.1, 0.15) is 19.4 Å². The van der Waals surface area contributed by atoms with E-state index in [2.05, 4.69) is 15.9 Å². The number of halogens is 1. The van der Waals surface area contributed by atoms with E-state index in [9.17, 15) is 4.79 Å². The maximum Gasteiger partial charge on any atom is 0.227 e. The van der Waals surface area contributed by atoms with Crippen molar-refractivity contribution in [3.05, 3.63) is 28.2 Å². The molecule has 1 aromatic rings. The lowest BCUT2D eigenvalue weighted by Gasteiger charge is -2.23. The number of amides is 1. The molecule has 0 saturated carbocycles. The van der Waals surface area contributed by atoms with Crippen LogP contribution in [0.3, 0.4) is 0 Å². The number of rotatable bonds is 3. The van der Waals surface area contributed by atoms with Crippen LogP contribution in [0.4, 0.5) is 0 Å². The second-order valence-corrected chi connectivity index (χ2v) is 4.69. The quantitative estimate of drug-likeness (QED) is 0.917. The average Bonchev–Trinajstić information content (AvgIpc) is 2.18. The van der Waals surface area contributed by atoms with Crippen LogP contribution in [0, 0.1) is 0 Å². The van der Waals surface area contributed by atoms with E-state index in [1.165, 1.54) is 0 Å². The van der Waals surface area contributed by atoms with Crippen LogP contribution in [0.5, 0.6) is 5.75 Å². The predicted octanol–water partition coefficient (Wildman–Crippen LogP) is 2.22. The third-order valence-electron chi connectivity index (χ3n) is 2.46. The van der Waals surface area contributed by atoms with Crippen molar-refractivity contribution in [2.75, 3.05) is 7.11 Å². The molecule has 0 fully saturated rings. The molecule has 0 heterocycles. The molecule has 1 amide bonds. The van der Waals surface area contributed by atoms with E-state index in [1.54, 1.807) is 21.0 Å². The second-order valence-electron chi connectivity index (χ2n) is 3.84. The first-order valence-electron chi connectivity index (χ1n) is 4.53. The van der Waals surface area contributed by atoms with Crippen molar-refractivity contribution in [3.63, 3.8) is 0 Å². The van der Waals surface area contributed by atoms with Crippen molar-refractivity contribution in [1.29, 1.82) is 0 Å². The standard InChI is InChI=1S/C11H14BrNO2/c1-11(2,10(13)14)8-6-7(15-3)4-5-9(8)12/h4-6H,1-3H3,(H2,13,14). The van der Waals surface area contributed by atoms with Gasteiger partial charge in [0, 0.05) is 4.47 Å². The molecule has 0 aliphatic rings.